The smallest absolute Gasteiger partial charge is 0.282 e. The van der Waals surface area contributed by atoms with Crippen LogP contribution in [-0.2, 0) is 16.8 Å². The van der Waals surface area contributed by atoms with Gasteiger partial charge in [-0.05, 0) is 30.5 Å². The summed E-state index contributed by atoms with van der Waals surface area (Å²) in [6.45, 7) is 1.28. The molecule has 2 rings (SSSR count). The van der Waals surface area contributed by atoms with Crippen molar-refractivity contribution < 1.29 is 8.42 Å². The summed E-state index contributed by atoms with van der Waals surface area (Å²) in [5, 5.41) is 0. The molecule has 0 spiro atoms. The zero-order valence-corrected chi connectivity index (χ0v) is 12.6. The molecular formula is C13H22N4O2S. The molecule has 1 aromatic rings. The fourth-order valence-electron chi connectivity index (χ4n) is 2.52. The van der Waals surface area contributed by atoms with Crippen molar-refractivity contribution in [2.24, 2.45) is 5.73 Å². The molecule has 0 saturated carbocycles. The maximum atomic E-state index is 12.6. The minimum Gasteiger partial charge on any atom is -0.329 e. The summed E-state index contributed by atoms with van der Waals surface area (Å²) >= 11 is 0. The highest BCUT2D eigenvalue weighted by molar-refractivity contribution is 7.86. The molecule has 1 unspecified atom stereocenters. The molecule has 0 radical (unpaired) electrons. The summed E-state index contributed by atoms with van der Waals surface area (Å²) in [6, 6.07) is 3.57. The molecule has 1 atom stereocenters. The van der Waals surface area contributed by atoms with Gasteiger partial charge < -0.3 is 5.73 Å². The molecule has 1 aromatic heterocycles. The first kappa shape index (κ1) is 15.4. The van der Waals surface area contributed by atoms with Gasteiger partial charge in [-0.1, -0.05) is 6.42 Å². The van der Waals surface area contributed by atoms with Crippen LogP contribution >= 0.6 is 0 Å². The molecule has 7 heteroatoms. The molecule has 0 aromatic carbocycles. The van der Waals surface area contributed by atoms with E-state index in [4.69, 9.17) is 5.73 Å². The topological polar surface area (TPSA) is 79.5 Å². The summed E-state index contributed by atoms with van der Waals surface area (Å²) < 4.78 is 28.2. The molecule has 6 nitrogen and oxygen atoms in total. The van der Waals surface area contributed by atoms with Gasteiger partial charge in [-0.15, -0.1) is 0 Å². The molecule has 1 aliphatic heterocycles. The van der Waals surface area contributed by atoms with Crippen molar-refractivity contribution in [3.05, 3.63) is 30.1 Å². The first-order valence-electron chi connectivity index (χ1n) is 6.88. The average molecular weight is 298 g/mol. The Balaban J connectivity index is 2.12. The third kappa shape index (κ3) is 3.35. The van der Waals surface area contributed by atoms with E-state index in [1.807, 2.05) is 12.1 Å². The first-order valence-corrected chi connectivity index (χ1v) is 8.27. The third-order valence-corrected chi connectivity index (χ3v) is 5.68. The summed E-state index contributed by atoms with van der Waals surface area (Å²) in [5.41, 5.74) is 6.63. The maximum absolute atomic E-state index is 12.6. The van der Waals surface area contributed by atoms with Crippen LogP contribution in [0.5, 0.6) is 0 Å². The Morgan fingerprint density at radius 1 is 1.40 bits per heavy atom. The molecule has 2 N–H and O–H groups in total. The fraction of sp³-hybridized carbons (Fsp3) is 0.615. The average Bonchev–Trinajstić information content (AvgIpc) is 2.48. The van der Waals surface area contributed by atoms with E-state index in [9.17, 15) is 8.42 Å². The number of pyridine rings is 1. The SMILES string of the molecule is CN(Cc1ccncc1)S(=O)(=O)N1CCCCC1CN. The van der Waals surface area contributed by atoms with E-state index in [-0.39, 0.29) is 6.04 Å². The Hall–Kier alpha value is -1.02. The summed E-state index contributed by atoms with van der Waals surface area (Å²) in [5.74, 6) is 0. The normalized spacial score (nSPS) is 21.2. The highest BCUT2D eigenvalue weighted by Crippen LogP contribution is 2.22. The van der Waals surface area contributed by atoms with Crippen molar-refractivity contribution in [3.8, 4) is 0 Å². The van der Waals surface area contributed by atoms with Gasteiger partial charge in [0.1, 0.15) is 0 Å². The van der Waals surface area contributed by atoms with E-state index in [1.165, 1.54) is 4.31 Å². The first-order chi connectivity index (χ1) is 9.55. The van der Waals surface area contributed by atoms with Crippen LogP contribution in [0, 0.1) is 0 Å². The predicted molar refractivity (Wildman–Crippen MR) is 78.0 cm³/mol. The summed E-state index contributed by atoms with van der Waals surface area (Å²) in [6.07, 6.45) is 6.12. The zero-order valence-electron chi connectivity index (χ0n) is 11.8. The van der Waals surface area contributed by atoms with Crippen LogP contribution in [0.1, 0.15) is 24.8 Å². The molecule has 0 aliphatic carbocycles. The second-order valence-electron chi connectivity index (χ2n) is 5.12. The van der Waals surface area contributed by atoms with Gasteiger partial charge in [-0.2, -0.15) is 17.0 Å². The maximum Gasteiger partial charge on any atom is 0.282 e. The van der Waals surface area contributed by atoms with E-state index < -0.39 is 10.2 Å². The van der Waals surface area contributed by atoms with E-state index in [0.717, 1.165) is 24.8 Å². The van der Waals surface area contributed by atoms with Crippen LogP contribution in [0.4, 0.5) is 0 Å². The summed E-state index contributed by atoms with van der Waals surface area (Å²) in [4.78, 5) is 3.94. The van der Waals surface area contributed by atoms with Crippen LogP contribution in [0.2, 0.25) is 0 Å². The van der Waals surface area contributed by atoms with Crippen molar-refractivity contribution in [2.75, 3.05) is 20.1 Å². The van der Waals surface area contributed by atoms with Gasteiger partial charge in [0.2, 0.25) is 0 Å². The van der Waals surface area contributed by atoms with Gasteiger partial charge in [0, 0.05) is 45.1 Å². The van der Waals surface area contributed by atoms with Gasteiger partial charge in [-0.25, -0.2) is 0 Å². The molecule has 0 amide bonds. The van der Waals surface area contributed by atoms with Gasteiger partial charge in [0.05, 0.1) is 0 Å². The number of nitrogens with two attached hydrogens (primary N) is 1. The number of rotatable bonds is 5. The Bertz CT molecular complexity index is 520. The Morgan fingerprint density at radius 3 is 2.75 bits per heavy atom. The Labute approximate surface area is 120 Å². The van der Waals surface area contributed by atoms with Gasteiger partial charge in [0.15, 0.2) is 0 Å². The number of nitrogens with zero attached hydrogens (tertiary/aromatic N) is 3. The van der Waals surface area contributed by atoms with Crippen molar-refractivity contribution in [1.29, 1.82) is 0 Å². The molecule has 0 bridgehead atoms. The van der Waals surface area contributed by atoms with E-state index in [0.29, 0.717) is 19.6 Å². The lowest BCUT2D eigenvalue weighted by Gasteiger charge is -2.36. The highest BCUT2D eigenvalue weighted by Gasteiger charge is 2.34. The van der Waals surface area contributed by atoms with Crippen molar-refractivity contribution >= 4 is 10.2 Å². The Morgan fingerprint density at radius 2 is 2.10 bits per heavy atom. The third-order valence-electron chi connectivity index (χ3n) is 3.69. The minimum absolute atomic E-state index is 0.0753. The van der Waals surface area contributed by atoms with Crippen LogP contribution < -0.4 is 5.73 Å². The van der Waals surface area contributed by atoms with Crippen molar-refractivity contribution in [1.82, 2.24) is 13.6 Å². The second-order valence-corrected chi connectivity index (χ2v) is 7.10. The predicted octanol–water partition coefficient (Wildman–Crippen LogP) is 0.571. The van der Waals surface area contributed by atoms with E-state index >= 15 is 0 Å². The van der Waals surface area contributed by atoms with Crippen molar-refractivity contribution in [3.63, 3.8) is 0 Å². The number of hydrogen-bond acceptors (Lipinski definition) is 4. The lowest BCUT2D eigenvalue weighted by Crippen LogP contribution is -2.51. The van der Waals surface area contributed by atoms with Gasteiger partial charge >= 0.3 is 0 Å². The van der Waals surface area contributed by atoms with Crippen LogP contribution in [0.25, 0.3) is 0 Å². The molecule has 2 heterocycles. The molecule has 1 saturated heterocycles. The quantitative estimate of drug-likeness (QED) is 0.862. The molecule has 112 valence electrons. The largest absolute Gasteiger partial charge is 0.329 e. The molecule has 1 aliphatic rings. The van der Waals surface area contributed by atoms with Crippen LogP contribution in [0.15, 0.2) is 24.5 Å². The number of aromatic nitrogens is 1. The standard InChI is InChI=1S/C13H22N4O2S/c1-16(11-12-5-7-15-8-6-12)20(18,19)17-9-3-2-4-13(17)10-14/h5-8,13H,2-4,9-11,14H2,1H3. The van der Waals surface area contributed by atoms with Gasteiger partial charge in [0.25, 0.3) is 10.2 Å². The minimum atomic E-state index is -3.46. The van der Waals surface area contributed by atoms with Crippen LogP contribution in [0.3, 0.4) is 0 Å². The van der Waals surface area contributed by atoms with Crippen LogP contribution in [-0.4, -0.2) is 48.2 Å². The lowest BCUT2D eigenvalue weighted by atomic mass is 10.1. The Kier molecular flexibility index (Phi) is 5.09. The highest BCUT2D eigenvalue weighted by atomic mass is 32.2. The lowest BCUT2D eigenvalue weighted by molar-refractivity contribution is 0.240. The number of piperidine rings is 1. The second kappa shape index (κ2) is 6.62. The zero-order chi connectivity index (χ0) is 14.6. The van der Waals surface area contributed by atoms with Gasteiger partial charge in [-0.3, -0.25) is 4.98 Å². The molecule has 1 fully saturated rings. The van der Waals surface area contributed by atoms with E-state index in [1.54, 1.807) is 23.7 Å². The monoisotopic (exact) mass is 298 g/mol. The fourth-order valence-corrected chi connectivity index (χ4v) is 4.12. The van der Waals surface area contributed by atoms with Crippen molar-refractivity contribution in [2.45, 2.75) is 31.8 Å². The molecule has 20 heavy (non-hydrogen) atoms. The molecular weight excluding hydrogens is 276 g/mol. The van der Waals surface area contributed by atoms with E-state index in [2.05, 4.69) is 4.98 Å². The summed E-state index contributed by atoms with van der Waals surface area (Å²) in [7, 11) is -1.85. The number of hydrogen-bond donors (Lipinski definition) is 1.